The van der Waals surface area contributed by atoms with Crippen LogP contribution in [-0.4, -0.2) is 26.4 Å². The van der Waals surface area contributed by atoms with E-state index in [1.165, 1.54) is 9.81 Å². The molecule has 1 aliphatic carbocycles. The van der Waals surface area contributed by atoms with Gasteiger partial charge in [-0.2, -0.15) is 0 Å². The standard InChI is InChI=1S/C34H38O4S2/c1-33(2,3)29-15-19(23-17-21(37-7)9-11-27(23)39-29)13-25-31(35)26(32(25)36)14-20-16-30(34(4,5)6)40-28-12-10-22(38-8)18-24(20)28/h9-18,25-26,31-32H,1-8H3/q-2/b19-13+,20-14+. The van der Waals surface area contributed by atoms with E-state index in [1.54, 1.807) is 37.7 Å². The van der Waals surface area contributed by atoms with Gasteiger partial charge in [0.05, 0.1) is 14.2 Å². The van der Waals surface area contributed by atoms with Gasteiger partial charge in [-0.3, -0.25) is 0 Å². The molecule has 0 aromatic heterocycles. The quantitative estimate of drug-likeness (QED) is 0.394. The van der Waals surface area contributed by atoms with E-state index in [9.17, 15) is 10.2 Å². The van der Waals surface area contributed by atoms with Crippen molar-refractivity contribution < 1.29 is 19.7 Å². The van der Waals surface area contributed by atoms with E-state index < -0.39 is 24.0 Å². The average Bonchev–Trinajstić information content (AvgIpc) is 2.92. The SMILES string of the molecule is COc1ccc2c(c1)/C(=C/C1C([O-])C(/C=C3\C=C(C(C)(C)C)Sc4ccc(OC)cc43)C1[O-])C=C(C(C)(C)C)S2. The van der Waals surface area contributed by atoms with Crippen LogP contribution < -0.4 is 19.7 Å². The first-order valence-corrected chi connectivity index (χ1v) is 15.4. The number of benzene rings is 2. The van der Waals surface area contributed by atoms with Gasteiger partial charge in [-0.25, -0.2) is 0 Å². The van der Waals surface area contributed by atoms with Gasteiger partial charge in [-0.05, 0) is 103 Å². The Morgan fingerprint density at radius 1 is 0.650 bits per heavy atom. The van der Waals surface area contributed by atoms with Gasteiger partial charge in [-0.15, -0.1) is 12.2 Å². The van der Waals surface area contributed by atoms with Gasteiger partial charge in [0.1, 0.15) is 11.5 Å². The summed E-state index contributed by atoms with van der Waals surface area (Å²) in [6, 6.07) is 12.1. The molecular weight excluding hydrogens is 537 g/mol. The number of thioether (sulfide) groups is 2. The summed E-state index contributed by atoms with van der Waals surface area (Å²) in [5.74, 6) is 0.338. The summed E-state index contributed by atoms with van der Waals surface area (Å²) in [6.07, 6.45) is 6.14. The van der Waals surface area contributed by atoms with Crippen LogP contribution >= 0.6 is 23.5 Å². The lowest BCUT2D eigenvalue weighted by molar-refractivity contribution is -0.549. The van der Waals surface area contributed by atoms with Crippen molar-refractivity contribution in [3.8, 4) is 11.5 Å². The molecule has 212 valence electrons. The third-order valence-corrected chi connectivity index (χ3v) is 10.8. The smallest absolute Gasteiger partial charge is 0.119 e. The number of ether oxygens (including phenoxy) is 2. The van der Waals surface area contributed by atoms with Gasteiger partial charge >= 0.3 is 0 Å². The molecule has 0 bridgehead atoms. The van der Waals surface area contributed by atoms with Crippen LogP contribution in [0, 0.1) is 22.7 Å². The highest BCUT2D eigenvalue weighted by molar-refractivity contribution is 8.03. The highest BCUT2D eigenvalue weighted by atomic mass is 32.2. The van der Waals surface area contributed by atoms with Crippen LogP contribution in [-0.2, 0) is 0 Å². The Bertz CT molecular complexity index is 1320. The molecule has 2 aliphatic heterocycles. The van der Waals surface area contributed by atoms with Gasteiger partial charge in [0, 0.05) is 9.79 Å². The Hall–Kier alpha value is -2.38. The lowest BCUT2D eigenvalue weighted by Crippen LogP contribution is -2.65. The van der Waals surface area contributed by atoms with Crippen molar-refractivity contribution in [2.24, 2.45) is 22.7 Å². The van der Waals surface area contributed by atoms with Crippen molar-refractivity contribution in [3.63, 3.8) is 0 Å². The van der Waals surface area contributed by atoms with E-state index >= 15 is 0 Å². The van der Waals surface area contributed by atoms with Crippen LogP contribution in [0.1, 0.15) is 52.7 Å². The molecule has 0 radical (unpaired) electrons. The van der Waals surface area contributed by atoms with Crippen LogP contribution in [0.15, 0.2) is 80.3 Å². The molecule has 2 heterocycles. The number of hydrogen-bond acceptors (Lipinski definition) is 6. The van der Waals surface area contributed by atoms with Crippen molar-refractivity contribution >= 4 is 34.7 Å². The summed E-state index contributed by atoms with van der Waals surface area (Å²) in [5, 5.41) is 27.3. The molecule has 6 heteroatoms. The van der Waals surface area contributed by atoms with Crippen LogP contribution in [0.3, 0.4) is 0 Å². The molecule has 40 heavy (non-hydrogen) atoms. The minimum absolute atomic E-state index is 0.0494. The molecule has 2 aromatic carbocycles. The molecule has 1 fully saturated rings. The molecule has 4 nitrogen and oxygen atoms in total. The first kappa shape index (κ1) is 29.1. The molecule has 0 spiro atoms. The Morgan fingerprint density at radius 2 is 1.02 bits per heavy atom. The highest BCUT2D eigenvalue weighted by Crippen LogP contribution is 2.51. The summed E-state index contributed by atoms with van der Waals surface area (Å²) in [6.45, 7) is 13.1. The predicted octanol–water partition coefficient (Wildman–Crippen LogP) is 6.95. The number of fused-ring (bicyclic) bond motifs is 2. The zero-order chi connectivity index (χ0) is 29.0. The zero-order valence-corrected chi connectivity index (χ0v) is 26.2. The van der Waals surface area contributed by atoms with Crippen LogP contribution in [0.25, 0.3) is 11.1 Å². The van der Waals surface area contributed by atoms with Gasteiger partial charge in [0.25, 0.3) is 0 Å². The van der Waals surface area contributed by atoms with E-state index in [0.29, 0.717) is 0 Å². The lowest BCUT2D eigenvalue weighted by atomic mass is 9.67. The Labute approximate surface area is 247 Å². The predicted molar refractivity (Wildman–Crippen MR) is 163 cm³/mol. The third-order valence-electron chi connectivity index (χ3n) is 7.75. The fourth-order valence-corrected chi connectivity index (χ4v) is 7.49. The van der Waals surface area contributed by atoms with Crippen LogP contribution in [0.2, 0.25) is 0 Å². The number of rotatable bonds is 4. The maximum Gasteiger partial charge on any atom is 0.119 e. The molecule has 2 aromatic rings. The van der Waals surface area contributed by atoms with Gasteiger partial charge < -0.3 is 19.7 Å². The van der Waals surface area contributed by atoms with Crippen molar-refractivity contribution in [1.29, 1.82) is 0 Å². The van der Waals surface area contributed by atoms with E-state index in [-0.39, 0.29) is 10.8 Å². The molecule has 1 saturated carbocycles. The molecule has 0 atom stereocenters. The first-order chi connectivity index (χ1) is 18.8. The number of allylic oxidation sites excluding steroid dienone is 6. The normalized spacial score (nSPS) is 26.4. The Morgan fingerprint density at radius 3 is 1.35 bits per heavy atom. The molecule has 0 unspecified atom stereocenters. The third kappa shape index (κ3) is 5.56. The summed E-state index contributed by atoms with van der Waals surface area (Å²) in [5.41, 5.74) is 3.81. The first-order valence-electron chi connectivity index (χ1n) is 13.7. The molecule has 0 N–H and O–H groups in total. The lowest BCUT2D eigenvalue weighted by Gasteiger charge is -2.60. The minimum atomic E-state index is -1.01. The van der Waals surface area contributed by atoms with Crippen molar-refractivity contribution in [1.82, 2.24) is 0 Å². The molecule has 5 rings (SSSR count). The molecule has 3 aliphatic rings. The number of methoxy groups -OCH3 is 2. The maximum absolute atomic E-state index is 13.6. The molecular formula is C34H38O4S2-2. The molecule has 0 amide bonds. The van der Waals surface area contributed by atoms with E-state index in [4.69, 9.17) is 9.47 Å². The van der Waals surface area contributed by atoms with E-state index in [2.05, 4.69) is 65.8 Å². The fourth-order valence-electron chi connectivity index (χ4n) is 5.19. The molecule has 0 saturated heterocycles. The second kappa shape index (κ2) is 10.8. The minimum Gasteiger partial charge on any atom is -0.851 e. The summed E-state index contributed by atoms with van der Waals surface area (Å²) in [4.78, 5) is 4.66. The van der Waals surface area contributed by atoms with Crippen molar-refractivity contribution in [3.05, 3.63) is 81.6 Å². The highest BCUT2D eigenvalue weighted by Gasteiger charge is 2.36. The Kier molecular flexibility index (Phi) is 7.86. The average molecular weight is 575 g/mol. The topological polar surface area (TPSA) is 64.6 Å². The van der Waals surface area contributed by atoms with Gasteiger partial charge in [0.2, 0.25) is 0 Å². The largest absolute Gasteiger partial charge is 0.851 e. The van der Waals surface area contributed by atoms with Crippen LogP contribution in [0.5, 0.6) is 11.5 Å². The van der Waals surface area contributed by atoms with E-state index in [0.717, 1.165) is 43.6 Å². The van der Waals surface area contributed by atoms with Crippen molar-refractivity contribution in [2.45, 2.75) is 63.5 Å². The van der Waals surface area contributed by atoms with Gasteiger partial charge in [-0.1, -0.05) is 77.2 Å². The summed E-state index contributed by atoms with van der Waals surface area (Å²) < 4.78 is 11.0. The van der Waals surface area contributed by atoms with Crippen molar-refractivity contribution in [2.75, 3.05) is 14.2 Å². The summed E-state index contributed by atoms with van der Waals surface area (Å²) >= 11 is 3.49. The van der Waals surface area contributed by atoms with Gasteiger partial charge in [0.15, 0.2) is 0 Å². The maximum atomic E-state index is 13.6. The second-order valence-electron chi connectivity index (χ2n) is 12.8. The summed E-state index contributed by atoms with van der Waals surface area (Å²) in [7, 11) is 3.31. The zero-order valence-electron chi connectivity index (χ0n) is 24.5. The second-order valence-corrected chi connectivity index (χ2v) is 14.9. The fraction of sp³-hybridized carbons (Fsp3) is 0.412. The number of hydrogen-bond donors (Lipinski definition) is 0. The Balaban J connectivity index is 1.51. The van der Waals surface area contributed by atoms with Crippen LogP contribution in [0.4, 0.5) is 0 Å². The monoisotopic (exact) mass is 574 g/mol. The van der Waals surface area contributed by atoms with E-state index in [1.807, 2.05) is 36.4 Å².